The zero-order valence-corrected chi connectivity index (χ0v) is 19.9. The maximum absolute atomic E-state index is 14.1. The van der Waals surface area contributed by atoms with Crippen LogP contribution < -0.4 is 25.8 Å². The average Bonchev–Trinajstić information content (AvgIpc) is 3.51. The van der Waals surface area contributed by atoms with Crippen LogP contribution in [0.25, 0.3) is 0 Å². The van der Waals surface area contributed by atoms with E-state index < -0.39 is 11.9 Å². The number of nitrogens with zero attached hydrogens (tertiary/aromatic N) is 3. The number of benzene rings is 2. The summed E-state index contributed by atoms with van der Waals surface area (Å²) in [5.41, 5.74) is 14.6. The molecule has 182 valence electrons. The average molecular weight is 496 g/mol. The number of thiazole rings is 1. The van der Waals surface area contributed by atoms with E-state index in [1.54, 1.807) is 35.1 Å². The molecule has 0 spiro atoms. The molecule has 0 saturated heterocycles. The smallest absolute Gasteiger partial charge is 0.325 e. The quantitative estimate of drug-likeness (QED) is 0.502. The third kappa shape index (κ3) is 4.24. The van der Waals surface area contributed by atoms with E-state index in [1.807, 2.05) is 24.3 Å². The van der Waals surface area contributed by atoms with Crippen LogP contribution in [0.1, 0.15) is 32.0 Å². The van der Waals surface area contributed by atoms with Gasteiger partial charge in [0.2, 0.25) is 6.79 Å². The number of para-hydroxylation sites is 1. The lowest BCUT2D eigenvalue weighted by atomic mass is 9.96. The van der Waals surface area contributed by atoms with E-state index in [1.165, 1.54) is 11.3 Å². The third-order valence-corrected chi connectivity index (χ3v) is 7.21. The van der Waals surface area contributed by atoms with E-state index in [4.69, 9.17) is 25.7 Å². The number of nitrogen functional groups attached to an aromatic ring is 1. The van der Waals surface area contributed by atoms with Gasteiger partial charge in [0.1, 0.15) is 0 Å². The largest absolute Gasteiger partial charge is 0.454 e. The number of ether oxygens (including phenoxy) is 3. The zero-order chi connectivity index (χ0) is 24.5. The highest BCUT2D eigenvalue weighted by Gasteiger charge is 2.38. The molecule has 0 bridgehead atoms. The molecule has 10 nitrogen and oxygen atoms in total. The SMILES string of the molecule is COCCN(C(=O)N1CCc2nc(C(N)=O)sc2C1c1ccccc1N)c1ccc2c(c1)OCO2. The van der Waals surface area contributed by atoms with Crippen molar-refractivity contribution in [3.8, 4) is 11.5 Å². The van der Waals surface area contributed by atoms with Crippen molar-refractivity contribution in [2.45, 2.75) is 12.5 Å². The van der Waals surface area contributed by atoms with Crippen LogP contribution in [-0.4, -0.2) is 55.4 Å². The molecular weight excluding hydrogens is 470 g/mol. The second-order valence-electron chi connectivity index (χ2n) is 8.13. The monoisotopic (exact) mass is 495 g/mol. The summed E-state index contributed by atoms with van der Waals surface area (Å²) in [4.78, 5) is 34.6. The van der Waals surface area contributed by atoms with Gasteiger partial charge in [-0.05, 0) is 18.2 Å². The van der Waals surface area contributed by atoms with Crippen LogP contribution in [0.2, 0.25) is 0 Å². The molecule has 2 aliphatic heterocycles. The molecule has 0 aliphatic carbocycles. The Balaban J connectivity index is 1.57. The molecule has 0 fully saturated rings. The molecule has 3 aromatic rings. The fraction of sp³-hybridized carbons (Fsp3) is 0.292. The molecule has 0 radical (unpaired) electrons. The highest BCUT2D eigenvalue weighted by Crippen LogP contribution is 2.42. The minimum absolute atomic E-state index is 0.142. The number of urea groups is 1. The van der Waals surface area contributed by atoms with Crippen molar-refractivity contribution in [2.24, 2.45) is 5.73 Å². The lowest BCUT2D eigenvalue weighted by Crippen LogP contribution is -2.49. The lowest BCUT2D eigenvalue weighted by molar-refractivity contribution is 0.0999. The van der Waals surface area contributed by atoms with Crippen LogP contribution in [0.5, 0.6) is 11.5 Å². The lowest BCUT2D eigenvalue weighted by Gasteiger charge is -2.39. The fourth-order valence-corrected chi connectivity index (χ4v) is 5.46. The Morgan fingerprint density at radius 1 is 1.23 bits per heavy atom. The summed E-state index contributed by atoms with van der Waals surface area (Å²) in [7, 11) is 1.59. The maximum Gasteiger partial charge on any atom is 0.325 e. The highest BCUT2D eigenvalue weighted by molar-refractivity contribution is 7.13. The van der Waals surface area contributed by atoms with Crippen LogP contribution in [0, 0.1) is 0 Å². The van der Waals surface area contributed by atoms with Crippen LogP contribution in [-0.2, 0) is 11.2 Å². The fourth-order valence-electron chi connectivity index (χ4n) is 4.36. The number of methoxy groups -OCH3 is 1. The van der Waals surface area contributed by atoms with Gasteiger partial charge in [-0.25, -0.2) is 9.78 Å². The summed E-state index contributed by atoms with van der Waals surface area (Å²) in [5.74, 6) is 0.620. The maximum atomic E-state index is 14.1. The molecule has 5 rings (SSSR count). The van der Waals surface area contributed by atoms with E-state index in [0.717, 1.165) is 16.1 Å². The Bertz CT molecular complexity index is 1280. The number of amides is 3. The summed E-state index contributed by atoms with van der Waals surface area (Å²) < 4.78 is 16.2. The Hall–Kier alpha value is -3.83. The summed E-state index contributed by atoms with van der Waals surface area (Å²) in [6.07, 6.45) is 0.493. The van der Waals surface area contributed by atoms with Crippen molar-refractivity contribution in [2.75, 3.05) is 44.2 Å². The van der Waals surface area contributed by atoms with Crippen molar-refractivity contribution in [3.05, 3.63) is 63.6 Å². The number of nitrogens with two attached hydrogens (primary N) is 2. The molecule has 3 amide bonds. The van der Waals surface area contributed by atoms with Crippen molar-refractivity contribution in [1.82, 2.24) is 9.88 Å². The van der Waals surface area contributed by atoms with E-state index in [9.17, 15) is 9.59 Å². The predicted octanol–water partition coefficient (Wildman–Crippen LogP) is 2.77. The van der Waals surface area contributed by atoms with E-state index in [0.29, 0.717) is 49.0 Å². The first-order valence-corrected chi connectivity index (χ1v) is 11.9. The molecule has 35 heavy (non-hydrogen) atoms. The van der Waals surface area contributed by atoms with Gasteiger partial charge in [0.15, 0.2) is 16.5 Å². The van der Waals surface area contributed by atoms with E-state index >= 15 is 0 Å². The van der Waals surface area contributed by atoms with Gasteiger partial charge in [-0.3, -0.25) is 9.69 Å². The van der Waals surface area contributed by atoms with Crippen molar-refractivity contribution in [3.63, 3.8) is 0 Å². The minimum atomic E-state index is -0.593. The molecule has 1 atom stereocenters. The molecule has 0 saturated carbocycles. The van der Waals surface area contributed by atoms with Crippen LogP contribution in [0.15, 0.2) is 42.5 Å². The first-order valence-electron chi connectivity index (χ1n) is 11.1. The number of carbonyl (C=O) groups is 2. The van der Waals surface area contributed by atoms with Crippen molar-refractivity contribution >= 4 is 34.6 Å². The molecule has 3 heterocycles. The van der Waals surface area contributed by atoms with Gasteiger partial charge in [-0.1, -0.05) is 18.2 Å². The number of primary amides is 1. The van der Waals surface area contributed by atoms with Gasteiger partial charge >= 0.3 is 6.03 Å². The van der Waals surface area contributed by atoms with Crippen LogP contribution in [0.3, 0.4) is 0 Å². The van der Waals surface area contributed by atoms with E-state index in [-0.39, 0.29) is 17.8 Å². The van der Waals surface area contributed by atoms with Crippen molar-refractivity contribution in [1.29, 1.82) is 0 Å². The number of rotatable bonds is 6. The standard InChI is InChI=1S/C24H25N5O5S/c1-32-11-10-28(14-6-7-18-19(12-14)34-13-33-18)24(31)29-9-8-17-21(35-23(27-17)22(26)30)20(29)15-4-2-3-5-16(15)25/h2-7,12,20H,8-11,13,25H2,1H3,(H2,26,30). The van der Waals surface area contributed by atoms with Gasteiger partial charge in [0.25, 0.3) is 5.91 Å². The zero-order valence-electron chi connectivity index (χ0n) is 19.1. The number of anilines is 2. The van der Waals surface area contributed by atoms with E-state index in [2.05, 4.69) is 4.98 Å². The molecule has 2 aliphatic rings. The summed E-state index contributed by atoms with van der Waals surface area (Å²) in [5, 5.41) is 0.218. The first kappa shape index (κ1) is 22.9. The van der Waals surface area contributed by atoms with Gasteiger partial charge in [-0.2, -0.15) is 0 Å². The van der Waals surface area contributed by atoms with Crippen LogP contribution >= 0.6 is 11.3 Å². The first-order chi connectivity index (χ1) is 17.0. The Morgan fingerprint density at radius 2 is 2.03 bits per heavy atom. The molecule has 11 heteroatoms. The molecular formula is C24H25N5O5S. The number of fused-ring (bicyclic) bond motifs is 2. The Labute approximate surface area is 206 Å². The van der Waals surface area contributed by atoms with Gasteiger partial charge in [0, 0.05) is 43.1 Å². The Morgan fingerprint density at radius 3 is 2.80 bits per heavy atom. The van der Waals surface area contributed by atoms with Gasteiger partial charge in [0.05, 0.1) is 29.8 Å². The highest BCUT2D eigenvalue weighted by atomic mass is 32.1. The van der Waals surface area contributed by atoms with Crippen molar-refractivity contribution < 1.29 is 23.8 Å². The normalized spacial score (nSPS) is 16.1. The number of hydrogen-bond donors (Lipinski definition) is 2. The minimum Gasteiger partial charge on any atom is -0.454 e. The van der Waals surface area contributed by atoms with Gasteiger partial charge in [-0.15, -0.1) is 11.3 Å². The Kier molecular flexibility index (Phi) is 6.18. The topological polar surface area (TPSA) is 133 Å². The van der Waals surface area contributed by atoms with Crippen LogP contribution in [0.4, 0.5) is 16.2 Å². The number of carbonyl (C=O) groups excluding carboxylic acids is 2. The molecule has 1 unspecified atom stereocenters. The summed E-state index contributed by atoms with van der Waals surface area (Å²) >= 11 is 1.20. The number of aromatic nitrogens is 1. The summed E-state index contributed by atoms with van der Waals surface area (Å²) in [6, 6.07) is 12.0. The second kappa shape index (κ2) is 9.43. The third-order valence-electron chi connectivity index (χ3n) is 6.04. The number of hydrogen-bond acceptors (Lipinski definition) is 8. The molecule has 2 aromatic carbocycles. The molecule has 4 N–H and O–H groups in total. The van der Waals surface area contributed by atoms with Gasteiger partial charge < -0.3 is 30.6 Å². The second-order valence-corrected chi connectivity index (χ2v) is 9.16. The predicted molar refractivity (Wildman–Crippen MR) is 131 cm³/mol. The summed E-state index contributed by atoms with van der Waals surface area (Å²) in [6.45, 7) is 1.19. The molecule has 1 aromatic heterocycles.